The van der Waals surface area contributed by atoms with Gasteiger partial charge in [0.15, 0.2) is 0 Å². The van der Waals surface area contributed by atoms with Crippen molar-refractivity contribution in [3.05, 3.63) is 41.2 Å². The molecule has 3 rings (SSSR count). The molecule has 0 fully saturated rings. The van der Waals surface area contributed by atoms with Crippen LogP contribution >= 0.6 is 11.3 Å². The highest BCUT2D eigenvalue weighted by molar-refractivity contribution is 7.13. The van der Waals surface area contributed by atoms with Gasteiger partial charge in [-0.2, -0.15) is 18.2 Å². The van der Waals surface area contributed by atoms with Crippen LogP contribution in [-0.4, -0.2) is 26.2 Å². The molecular formula is C12H6F3N5O2S. The molecule has 118 valence electrons. The van der Waals surface area contributed by atoms with Crippen LogP contribution in [0.25, 0.3) is 11.4 Å². The lowest BCUT2D eigenvalue weighted by Gasteiger charge is -2.01. The van der Waals surface area contributed by atoms with E-state index in [1.165, 1.54) is 29.8 Å². The molecule has 0 atom stereocenters. The third-order valence-electron chi connectivity index (χ3n) is 2.65. The summed E-state index contributed by atoms with van der Waals surface area (Å²) >= 11 is 1.16. The molecule has 1 N–H and O–H groups in total. The second-order valence-corrected chi connectivity index (χ2v) is 5.03. The highest BCUT2D eigenvalue weighted by Gasteiger charge is 2.38. The number of rotatable bonds is 3. The molecule has 7 nitrogen and oxygen atoms in total. The Kier molecular flexibility index (Phi) is 3.78. The Bertz CT molecular complexity index is 814. The summed E-state index contributed by atoms with van der Waals surface area (Å²) in [6.45, 7) is 0. The zero-order valence-corrected chi connectivity index (χ0v) is 11.9. The molecule has 0 unspecified atom stereocenters. The number of amides is 1. The molecule has 23 heavy (non-hydrogen) atoms. The summed E-state index contributed by atoms with van der Waals surface area (Å²) in [6.07, 6.45) is -4.70. The van der Waals surface area contributed by atoms with Crippen molar-refractivity contribution in [2.45, 2.75) is 6.18 Å². The van der Waals surface area contributed by atoms with E-state index in [0.29, 0.717) is 10.7 Å². The predicted octanol–water partition coefficient (Wildman–Crippen LogP) is 2.86. The lowest BCUT2D eigenvalue weighted by Crippen LogP contribution is -2.11. The molecule has 2 aromatic heterocycles. The van der Waals surface area contributed by atoms with E-state index in [1.54, 1.807) is 0 Å². The van der Waals surface area contributed by atoms with Crippen LogP contribution in [0.4, 0.5) is 18.3 Å². The number of aromatic nitrogens is 4. The molecule has 0 bridgehead atoms. The highest BCUT2D eigenvalue weighted by Crippen LogP contribution is 2.29. The Hall–Kier alpha value is -2.82. The number of benzene rings is 1. The number of nitrogens with zero attached hydrogens (tertiary/aromatic N) is 4. The van der Waals surface area contributed by atoms with E-state index >= 15 is 0 Å². The molecule has 1 aromatic carbocycles. The number of carbonyl (C=O) groups is 1. The summed E-state index contributed by atoms with van der Waals surface area (Å²) in [6, 6.07) is 5.69. The van der Waals surface area contributed by atoms with Crippen molar-refractivity contribution in [2.75, 3.05) is 5.32 Å². The van der Waals surface area contributed by atoms with E-state index in [4.69, 9.17) is 0 Å². The van der Waals surface area contributed by atoms with Gasteiger partial charge in [-0.05, 0) is 12.1 Å². The quantitative estimate of drug-likeness (QED) is 0.787. The number of carbonyl (C=O) groups excluding carboxylic acids is 1. The molecule has 11 heteroatoms. The van der Waals surface area contributed by atoms with Gasteiger partial charge in [-0.25, -0.2) is 0 Å². The van der Waals surface area contributed by atoms with Crippen LogP contribution in [0, 0.1) is 0 Å². The summed E-state index contributed by atoms with van der Waals surface area (Å²) in [5.41, 5.74) is 2.05. The van der Waals surface area contributed by atoms with Gasteiger partial charge in [0.1, 0.15) is 5.51 Å². The SMILES string of the molecule is O=C(Nc1nncs1)c1ccc(-c2noc(C(F)(F)F)n2)cc1. The number of nitrogens with one attached hydrogen (secondary N) is 1. The van der Waals surface area contributed by atoms with Gasteiger partial charge in [0, 0.05) is 11.1 Å². The summed E-state index contributed by atoms with van der Waals surface area (Å²) in [4.78, 5) is 15.2. The maximum Gasteiger partial charge on any atom is 0.471 e. The Morgan fingerprint density at radius 3 is 2.52 bits per heavy atom. The van der Waals surface area contributed by atoms with Crippen LogP contribution in [0.2, 0.25) is 0 Å². The van der Waals surface area contributed by atoms with Crippen LogP contribution in [0.15, 0.2) is 34.3 Å². The molecule has 0 aliphatic heterocycles. The maximum absolute atomic E-state index is 12.4. The highest BCUT2D eigenvalue weighted by atomic mass is 32.1. The minimum atomic E-state index is -4.70. The van der Waals surface area contributed by atoms with Crippen LogP contribution in [0.1, 0.15) is 16.2 Å². The standard InChI is InChI=1S/C12H6F3N5O2S/c13-12(14,15)10-17-8(20-22-10)6-1-3-7(4-2-6)9(21)18-11-19-16-5-23-11/h1-5H,(H,18,19,21). The molecule has 0 spiro atoms. The minimum absolute atomic E-state index is 0.214. The van der Waals surface area contributed by atoms with Gasteiger partial charge >= 0.3 is 12.1 Å². The van der Waals surface area contributed by atoms with E-state index in [0.717, 1.165) is 11.3 Å². The van der Waals surface area contributed by atoms with Gasteiger partial charge in [-0.15, -0.1) is 10.2 Å². The number of alkyl halides is 3. The van der Waals surface area contributed by atoms with Crippen LogP contribution in [0.5, 0.6) is 0 Å². The normalized spacial score (nSPS) is 11.4. The van der Waals surface area contributed by atoms with E-state index in [9.17, 15) is 18.0 Å². The lowest BCUT2D eigenvalue weighted by atomic mass is 10.1. The van der Waals surface area contributed by atoms with Crippen LogP contribution in [0.3, 0.4) is 0 Å². The summed E-state index contributed by atoms with van der Waals surface area (Å²) < 4.78 is 41.4. The van der Waals surface area contributed by atoms with Gasteiger partial charge in [0.25, 0.3) is 5.91 Å². The first-order chi connectivity index (χ1) is 10.9. The molecule has 3 aromatic rings. The fourth-order valence-corrected chi connectivity index (χ4v) is 2.06. The number of halogens is 3. The van der Waals surface area contributed by atoms with E-state index in [-0.39, 0.29) is 11.4 Å². The largest absolute Gasteiger partial charge is 0.471 e. The second kappa shape index (κ2) is 5.76. The van der Waals surface area contributed by atoms with Crippen molar-refractivity contribution in [3.63, 3.8) is 0 Å². The van der Waals surface area contributed by atoms with Crippen molar-refractivity contribution in [1.82, 2.24) is 20.3 Å². The van der Waals surface area contributed by atoms with Gasteiger partial charge in [-0.3, -0.25) is 10.1 Å². The summed E-state index contributed by atoms with van der Waals surface area (Å²) in [7, 11) is 0. The topological polar surface area (TPSA) is 93.8 Å². The van der Waals surface area contributed by atoms with Crippen molar-refractivity contribution in [3.8, 4) is 11.4 Å². The van der Waals surface area contributed by atoms with Crippen molar-refractivity contribution >= 4 is 22.4 Å². The van der Waals surface area contributed by atoms with Crippen LogP contribution in [-0.2, 0) is 6.18 Å². The zero-order valence-electron chi connectivity index (χ0n) is 11.0. The Balaban J connectivity index is 1.76. The lowest BCUT2D eigenvalue weighted by molar-refractivity contribution is -0.159. The van der Waals surface area contributed by atoms with Gasteiger partial charge in [-0.1, -0.05) is 28.6 Å². The monoisotopic (exact) mass is 341 g/mol. The molecule has 0 saturated carbocycles. The van der Waals surface area contributed by atoms with E-state index in [1.807, 2.05) is 0 Å². The molecule has 1 amide bonds. The van der Waals surface area contributed by atoms with Gasteiger partial charge < -0.3 is 4.52 Å². The van der Waals surface area contributed by atoms with Gasteiger partial charge in [0.05, 0.1) is 0 Å². The third kappa shape index (κ3) is 3.34. The van der Waals surface area contributed by atoms with Gasteiger partial charge in [0.2, 0.25) is 11.0 Å². The second-order valence-electron chi connectivity index (χ2n) is 4.20. The maximum atomic E-state index is 12.4. The predicted molar refractivity (Wildman–Crippen MR) is 72.6 cm³/mol. The Morgan fingerprint density at radius 2 is 1.96 bits per heavy atom. The molecular weight excluding hydrogens is 335 g/mol. The van der Waals surface area contributed by atoms with E-state index in [2.05, 4.69) is 30.2 Å². The fraction of sp³-hybridized carbons (Fsp3) is 0.0833. The minimum Gasteiger partial charge on any atom is -0.329 e. The molecule has 2 heterocycles. The summed E-state index contributed by atoms with van der Waals surface area (Å²) in [5.74, 6) is -2.06. The number of anilines is 1. The first kappa shape index (κ1) is 15.1. The van der Waals surface area contributed by atoms with Crippen LogP contribution < -0.4 is 5.32 Å². The molecule has 0 radical (unpaired) electrons. The number of hydrogen-bond donors (Lipinski definition) is 1. The fourth-order valence-electron chi connectivity index (χ4n) is 1.62. The third-order valence-corrected chi connectivity index (χ3v) is 3.26. The molecule has 0 aliphatic rings. The number of hydrogen-bond acceptors (Lipinski definition) is 7. The van der Waals surface area contributed by atoms with E-state index < -0.39 is 18.0 Å². The van der Waals surface area contributed by atoms with Crippen molar-refractivity contribution in [1.29, 1.82) is 0 Å². The van der Waals surface area contributed by atoms with Crippen molar-refractivity contribution < 1.29 is 22.5 Å². The average Bonchev–Trinajstić information content (AvgIpc) is 3.18. The Labute approximate surface area is 130 Å². The van der Waals surface area contributed by atoms with Crippen molar-refractivity contribution in [2.24, 2.45) is 0 Å². The molecule has 0 saturated heterocycles. The average molecular weight is 341 g/mol. The Morgan fingerprint density at radius 1 is 1.22 bits per heavy atom. The zero-order chi connectivity index (χ0) is 16.4. The smallest absolute Gasteiger partial charge is 0.329 e. The first-order valence-corrected chi connectivity index (χ1v) is 6.90. The molecule has 0 aliphatic carbocycles. The first-order valence-electron chi connectivity index (χ1n) is 6.02. The summed E-state index contributed by atoms with van der Waals surface area (Å²) in [5, 5.41) is 13.4.